The highest BCUT2D eigenvalue weighted by molar-refractivity contribution is 5.95. The predicted molar refractivity (Wildman–Crippen MR) is 98.8 cm³/mol. The first kappa shape index (κ1) is 17.7. The van der Waals surface area contributed by atoms with Crippen LogP contribution in [-0.2, 0) is 20.7 Å². The number of benzene rings is 1. The molecule has 7 heteroatoms. The van der Waals surface area contributed by atoms with Crippen LogP contribution in [0.5, 0.6) is 0 Å². The Kier molecular flexibility index (Phi) is 5.06. The first-order chi connectivity index (χ1) is 12.5. The van der Waals surface area contributed by atoms with Crippen molar-refractivity contribution >= 4 is 28.6 Å². The Morgan fingerprint density at radius 2 is 2.00 bits per heavy atom. The number of anilines is 1. The predicted octanol–water partition coefficient (Wildman–Crippen LogP) is 3.06. The van der Waals surface area contributed by atoms with Gasteiger partial charge >= 0.3 is 5.97 Å². The summed E-state index contributed by atoms with van der Waals surface area (Å²) in [5.74, 6) is -0.265. The van der Waals surface area contributed by atoms with Gasteiger partial charge in [0, 0.05) is 29.2 Å². The Hall–Kier alpha value is -3.09. The van der Waals surface area contributed by atoms with Gasteiger partial charge in [0.05, 0.1) is 12.6 Å². The van der Waals surface area contributed by atoms with Crippen molar-refractivity contribution < 1.29 is 14.3 Å². The summed E-state index contributed by atoms with van der Waals surface area (Å²) in [6.45, 7) is 5.49. The zero-order valence-electron chi connectivity index (χ0n) is 15.0. The monoisotopic (exact) mass is 354 g/mol. The number of amides is 1. The summed E-state index contributed by atoms with van der Waals surface area (Å²) in [6, 6.07) is 9.54. The smallest absolute Gasteiger partial charge is 0.311 e. The van der Waals surface area contributed by atoms with Gasteiger partial charge in [-0.1, -0.05) is 18.2 Å². The fourth-order valence-corrected chi connectivity index (χ4v) is 2.78. The van der Waals surface area contributed by atoms with Crippen LogP contribution in [0.1, 0.15) is 32.4 Å². The largest absolute Gasteiger partial charge is 0.452 e. The van der Waals surface area contributed by atoms with E-state index in [1.807, 2.05) is 38.1 Å². The van der Waals surface area contributed by atoms with Crippen LogP contribution in [0.25, 0.3) is 10.9 Å². The molecule has 3 aromatic rings. The third-order valence-electron chi connectivity index (χ3n) is 4.10. The third kappa shape index (κ3) is 3.77. The van der Waals surface area contributed by atoms with E-state index in [-0.39, 0.29) is 18.4 Å². The minimum absolute atomic E-state index is 0.103. The van der Waals surface area contributed by atoms with E-state index in [1.54, 1.807) is 30.1 Å². The Bertz CT molecular complexity index is 926. The van der Waals surface area contributed by atoms with E-state index in [4.69, 9.17) is 4.74 Å². The second-order valence-electron chi connectivity index (χ2n) is 6.41. The van der Waals surface area contributed by atoms with Crippen molar-refractivity contribution in [1.82, 2.24) is 14.8 Å². The van der Waals surface area contributed by atoms with Crippen LogP contribution >= 0.6 is 0 Å². The van der Waals surface area contributed by atoms with E-state index in [0.717, 1.165) is 16.5 Å². The SMILES string of the molecule is CC(C)n1nccc1NC(=O)[C@H](C)OC(=O)Cc1c[nH]c2ccccc12. The molecule has 136 valence electrons. The normalized spacial score (nSPS) is 12.3. The van der Waals surface area contributed by atoms with Gasteiger partial charge in [0.15, 0.2) is 6.10 Å². The first-order valence-corrected chi connectivity index (χ1v) is 8.54. The van der Waals surface area contributed by atoms with E-state index in [2.05, 4.69) is 15.4 Å². The molecule has 0 fully saturated rings. The number of nitrogens with one attached hydrogen (secondary N) is 2. The first-order valence-electron chi connectivity index (χ1n) is 8.54. The van der Waals surface area contributed by atoms with Crippen LogP contribution in [0.3, 0.4) is 0 Å². The van der Waals surface area contributed by atoms with Crippen molar-refractivity contribution in [2.24, 2.45) is 0 Å². The van der Waals surface area contributed by atoms with Gasteiger partial charge in [-0.2, -0.15) is 5.10 Å². The molecule has 0 radical (unpaired) electrons. The molecule has 0 spiro atoms. The summed E-state index contributed by atoms with van der Waals surface area (Å²) in [4.78, 5) is 27.6. The van der Waals surface area contributed by atoms with Gasteiger partial charge in [-0.3, -0.25) is 9.59 Å². The van der Waals surface area contributed by atoms with Gasteiger partial charge in [0.1, 0.15) is 5.82 Å². The molecule has 0 bridgehead atoms. The number of carbonyl (C=O) groups excluding carboxylic acids is 2. The Balaban J connectivity index is 1.60. The van der Waals surface area contributed by atoms with Crippen LogP contribution in [0.4, 0.5) is 5.82 Å². The molecular formula is C19H22N4O3. The Labute approximate surface area is 151 Å². The number of ether oxygens (including phenoxy) is 1. The van der Waals surface area contributed by atoms with Gasteiger partial charge in [0.25, 0.3) is 5.91 Å². The average molecular weight is 354 g/mol. The van der Waals surface area contributed by atoms with E-state index in [1.165, 1.54) is 0 Å². The van der Waals surface area contributed by atoms with Gasteiger partial charge in [0.2, 0.25) is 0 Å². The topological polar surface area (TPSA) is 89.0 Å². The number of H-pyrrole nitrogens is 1. The molecule has 26 heavy (non-hydrogen) atoms. The molecule has 2 aromatic heterocycles. The number of hydrogen-bond donors (Lipinski definition) is 2. The summed E-state index contributed by atoms with van der Waals surface area (Å²) in [7, 11) is 0. The van der Waals surface area contributed by atoms with Crippen molar-refractivity contribution in [2.45, 2.75) is 39.3 Å². The summed E-state index contributed by atoms with van der Waals surface area (Å²) >= 11 is 0. The van der Waals surface area contributed by atoms with Gasteiger partial charge in [-0.15, -0.1) is 0 Å². The molecular weight excluding hydrogens is 332 g/mol. The number of rotatable bonds is 6. The Morgan fingerprint density at radius 1 is 1.23 bits per heavy atom. The summed E-state index contributed by atoms with van der Waals surface area (Å²) in [5.41, 5.74) is 1.80. The number of fused-ring (bicyclic) bond motifs is 1. The molecule has 0 aliphatic rings. The maximum Gasteiger partial charge on any atom is 0.311 e. The van der Waals surface area contributed by atoms with Crippen molar-refractivity contribution in [1.29, 1.82) is 0 Å². The number of para-hydroxylation sites is 1. The lowest BCUT2D eigenvalue weighted by molar-refractivity contribution is -0.152. The average Bonchev–Trinajstić information content (AvgIpc) is 3.22. The molecule has 0 unspecified atom stereocenters. The summed E-state index contributed by atoms with van der Waals surface area (Å²) in [5, 5.41) is 7.88. The number of nitrogens with zero attached hydrogens (tertiary/aromatic N) is 2. The summed E-state index contributed by atoms with van der Waals surface area (Å²) < 4.78 is 6.98. The fraction of sp³-hybridized carbons (Fsp3) is 0.316. The van der Waals surface area contributed by atoms with Crippen molar-refractivity contribution in [3.05, 3.63) is 48.3 Å². The van der Waals surface area contributed by atoms with Crippen molar-refractivity contribution in [2.75, 3.05) is 5.32 Å². The van der Waals surface area contributed by atoms with Crippen LogP contribution < -0.4 is 5.32 Å². The zero-order valence-corrected chi connectivity index (χ0v) is 15.0. The number of aromatic amines is 1. The third-order valence-corrected chi connectivity index (χ3v) is 4.10. The molecule has 2 heterocycles. The highest BCUT2D eigenvalue weighted by atomic mass is 16.5. The van der Waals surface area contributed by atoms with E-state index < -0.39 is 12.1 Å². The lowest BCUT2D eigenvalue weighted by Gasteiger charge is -2.15. The van der Waals surface area contributed by atoms with Crippen LogP contribution in [-0.4, -0.2) is 32.7 Å². The van der Waals surface area contributed by atoms with E-state index in [0.29, 0.717) is 5.82 Å². The molecule has 0 saturated heterocycles. The van der Waals surface area contributed by atoms with E-state index in [9.17, 15) is 9.59 Å². The number of hydrogen-bond acceptors (Lipinski definition) is 4. The van der Waals surface area contributed by atoms with Crippen molar-refractivity contribution in [3.63, 3.8) is 0 Å². The minimum atomic E-state index is -0.900. The van der Waals surface area contributed by atoms with Crippen LogP contribution in [0, 0.1) is 0 Å². The van der Waals surface area contributed by atoms with Crippen LogP contribution in [0.15, 0.2) is 42.7 Å². The van der Waals surface area contributed by atoms with Gasteiger partial charge < -0.3 is 15.0 Å². The van der Waals surface area contributed by atoms with Crippen molar-refractivity contribution in [3.8, 4) is 0 Å². The Morgan fingerprint density at radius 3 is 2.77 bits per heavy atom. The molecule has 0 saturated carbocycles. The molecule has 1 amide bonds. The molecule has 1 aromatic carbocycles. The zero-order chi connectivity index (χ0) is 18.7. The minimum Gasteiger partial charge on any atom is -0.452 e. The molecule has 1 atom stereocenters. The maximum atomic E-state index is 12.3. The standard InChI is InChI=1S/C19H22N4O3/c1-12(2)23-17(8-9-21-23)22-19(25)13(3)26-18(24)10-14-11-20-16-7-5-4-6-15(14)16/h4-9,11-13,20H,10H2,1-3H3,(H,22,25)/t13-/m0/s1. The van der Waals surface area contributed by atoms with Gasteiger partial charge in [-0.05, 0) is 32.4 Å². The molecule has 2 N–H and O–H groups in total. The highest BCUT2D eigenvalue weighted by Gasteiger charge is 2.20. The van der Waals surface area contributed by atoms with Gasteiger partial charge in [-0.25, -0.2) is 4.68 Å². The highest BCUT2D eigenvalue weighted by Crippen LogP contribution is 2.19. The molecule has 0 aliphatic carbocycles. The second-order valence-corrected chi connectivity index (χ2v) is 6.41. The maximum absolute atomic E-state index is 12.3. The number of carbonyl (C=O) groups is 2. The number of aromatic nitrogens is 3. The molecule has 7 nitrogen and oxygen atoms in total. The number of esters is 1. The molecule has 3 rings (SSSR count). The quantitative estimate of drug-likeness (QED) is 0.666. The lowest BCUT2D eigenvalue weighted by Crippen LogP contribution is -2.31. The lowest BCUT2D eigenvalue weighted by atomic mass is 10.1. The van der Waals surface area contributed by atoms with Crippen LogP contribution in [0.2, 0.25) is 0 Å². The van der Waals surface area contributed by atoms with E-state index >= 15 is 0 Å². The molecule has 0 aliphatic heterocycles. The second kappa shape index (κ2) is 7.43. The fourth-order valence-electron chi connectivity index (χ4n) is 2.78. The summed E-state index contributed by atoms with van der Waals surface area (Å²) in [6.07, 6.45) is 2.61.